The fraction of sp³-hybridized carbons (Fsp3) is 0.615. The molecule has 8 heteroatoms. The van der Waals surface area contributed by atoms with Crippen molar-refractivity contribution in [3.8, 4) is 0 Å². The van der Waals surface area contributed by atoms with E-state index in [1.807, 2.05) is 16.9 Å². The molecule has 1 heterocycles. The average molecular weight is 296 g/mol. The second-order valence-electron chi connectivity index (χ2n) is 4.32. The topological polar surface area (TPSA) is 92.6 Å². The van der Waals surface area contributed by atoms with Crippen molar-refractivity contribution < 1.29 is 9.53 Å². The van der Waals surface area contributed by atoms with Gasteiger partial charge in [0.1, 0.15) is 0 Å². The maximum atomic E-state index is 11.5. The van der Waals surface area contributed by atoms with Crippen LogP contribution in [0.1, 0.15) is 6.42 Å². The molecular formula is C13H24N6O2. The van der Waals surface area contributed by atoms with Crippen molar-refractivity contribution in [1.29, 1.82) is 0 Å². The van der Waals surface area contributed by atoms with Gasteiger partial charge in [0, 0.05) is 46.2 Å². The van der Waals surface area contributed by atoms with E-state index in [1.54, 1.807) is 20.4 Å². The second-order valence-corrected chi connectivity index (χ2v) is 4.32. The lowest BCUT2D eigenvalue weighted by Gasteiger charge is -2.12. The van der Waals surface area contributed by atoms with Crippen LogP contribution in [0.15, 0.2) is 23.5 Å². The molecule has 0 aliphatic carbocycles. The van der Waals surface area contributed by atoms with Gasteiger partial charge in [-0.1, -0.05) is 0 Å². The van der Waals surface area contributed by atoms with Crippen LogP contribution in [-0.2, 0) is 16.1 Å². The van der Waals surface area contributed by atoms with Crippen LogP contribution in [0.4, 0.5) is 0 Å². The van der Waals surface area contributed by atoms with E-state index < -0.39 is 0 Å². The van der Waals surface area contributed by atoms with Crippen LogP contribution in [0.3, 0.4) is 0 Å². The third-order valence-electron chi connectivity index (χ3n) is 2.68. The highest BCUT2D eigenvalue weighted by Gasteiger charge is 2.02. The molecule has 0 fully saturated rings. The van der Waals surface area contributed by atoms with E-state index in [4.69, 9.17) is 4.74 Å². The Bertz CT molecular complexity index is 418. The van der Waals surface area contributed by atoms with E-state index in [0.29, 0.717) is 19.1 Å². The summed E-state index contributed by atoms with van der Waals surface area (Å²) in [5, 5.41) is 13.0. The predicted octanol–water partition coefficient (Wildman–Crippen LogP) is -0.799. The number of aromatic nitrogens is 2. The summed E-state index contributed by atoms with van der Waals surface area (Å²) in [5.74, 6) is 0.517. The van der Waals surface area contributed by atoms with Gasteiger partial charge in [-0.2, -0.15) is 5.10 Å². The first kappa shape index (κ1) is 17.0. The maximum absolute atomic E-state index is 11.5. The maximum Gasteiger partial charge on any atom is 0.239 e. The van der Waals surface area contributed by atoms with E-state index in [0.717, 1.165) is 19.5 Å². The highest BCUT2D eigenvalue weighted by atomic mass is 16.5. The molecule has 1 rings (SSSR count). The monoisotopic (exact) mass is 296 g/mol. The summed E-state index contributed by atoms with van der Waals surface area (Å²) in [6, 6.07) is 1.90. The number of nitrogens with zero attached hydrogens (tertiary/aromatic N) is 3. The molecule has 0 saturated carbocycles. The van der Waals surface area contributed by atoms with Crippen molar-refractivity contribution in [3.05, 3.63) is 18.5 Å². The SMILES string of the molecule is CN=C(NCCCn1cccn1)NCC(=O)NCCOC. The standard InChI is InChI=1S/C13H24N6O2/c1-14-13(17-11-12(20)15-7-10-21-2)16-5-3-8-19-9-4-6-18-19/h4,6,9H,3,5,7-8,10-11H2,1-2H3,(H,15,20)(H2,14,16,17). The van der Waals surface area contributed by atoms with E-state index in [2.05, 4.69) is 26.0 Å². The molecule has 1 amide bonds. The Kier molecular flexibility index (Phi) is 8.62. The first-order valence-electron chi connectivity index (χ1n) is 6.94. The number of methoxy groups -OCH3 is 1. The third-order valence-corrected chi connectivity index (χ3v) is 2.68. The largest absolute Gasteiger partial charge is 0.383 e. The number of hydrogen-bond acceptors (Lipinski definition) is 4. The molecule has 21 heavy (non-hydrogen) atoms. The normalized spacial score (nSPS) is 11.2. The minimum absolute atomic E-state index is 0.0912. The minimum atomic E-state index is -0.0912. The summed E-state index contributed by atoms with van der Waals surface area (Å²) < 4.78 is 6.73. The Morgan fingerprint density at radius 3 is 2.86 bits per heavy atom. The number of guanidine groups is 1. The lowest BCUT2D eigenvalue weighted by molar-refractivity contribution is -0.120. The van der Waals surface area contributed by atoms with Gasteiger partial charge in [-0.15, -0.1) is 0 Å². The summed E-state index contributed by atoms with van der Waals surface area (Å²) in [6.45, 7) is 2.79. The van der Waals surface area contributed by atoms with Gasteiger partial charge in [0.2, 0.25) is 5.91 Å². The van der Waals surface area contributed by atoms with Crippen LogP contribution < -0.4 is 16.0 Å². The fourth-order valence-corrected chi connectivity index (χ4v) is 1.62. The van der Waals surface area contributed by atoms with Crippen LogP contribution in [0.2, 0.25) is 0 Å². The first-order valence-corrected chi connectivity index (χ1v) is 6.94. The van der Waals surface area contributed by atoms with Crippen LogP contribution in [0, 0.1) is 0 Å². The van der Waals surface area contributed by atoms with Gasteiger partial charge in [0.05, 0.1) is 13.2 Å². The van der Waals surface area contributed by atoms with Gasteiger partial charge in [-0.05, 0) is 12.5 Å². The highest BCUT2D eigenvalue weighted by Crippen LogP contribution is 1.87. The Labute approximate surface area is 125 Å². The zero-order valence-corrected chi connectivity index (χ0v) is 12.6. The molecule has 8 nitrogen and oxygen atoms in total. The third kappa shape index (κ3) is 7.93. The first-order chi connectivity index (χ1) is 10.3. The summed E-state index contributed by atoms with van der Waals surface area (Å²) in [4.78, 5) is 15.6. The molecule has 0 unspecified atom stereocenters. The number of aliphatic imine (C=N–C) groups is 1. The van der Waals surface area contributed by atoms with Crippen molar-refractivity contribution in [2.24, 2.45) is 4.99 Å². The lowest BCUT2D eigenvalue weighted by Crippen LogP contribution is -2.44. The summed E-state index contributed by atoms with van der Waals surface area (Å²) >= 11 is 0. The summed E-state index contributed by atoms with van der Waals surface area (Å²) in [5.41, 5.74) is 0. The van der Waals surface area contributed by atoms with Gasteiger partial charge < -0.3 is 20.7 Å². The van der Waals surface area contributed by atoms with Gasteiger partial charge in [0.15, 0.2) is 5.96 Å². The van der Waals surface area contributed by atoms with Crippen LogP contribution in [-0.4, -0.2) is 62.0 Å². The van der Waals surface area contributed by atoms with Crippen LogP contribution in [0.5, 0.6) is 0 Å². The van der Waals surface area contributed by atoms with Gasteiger partial charge in [-0.3, -0.25) is 14.5 Å². The molecule has 0 aromatic carbocycles. The Balaban J connectivity index is 2.09. The molecule has 3 N–H and O–H groups in total. The van der Waals surface area contributed by atoms with Crippen molar-refractivity contribution in [1.82, 2.24) is 25.7 Å². The van der Waals surface area contributed by atoms with Crippen molar-refractivity contribution in [2.45, 2.75) is 13.0 Å². The minimum Gasteiger partial charge on any atom is -0.383 e. The predicted molar refractivity (Wildman–Crippen MR) is 81.1 cm³/mol. The lowest BCUT2D eigenvalue weighted by atomic mass is 10.4. The molecule has 1 aromatic rings. The fourth-order valence-electron chi connectivity index (χ4n) is 1.62. The van der Waals surface area contributed by atoms with Crippen molar-refractivity contribution in [2.75, 3.05) is 40.4 Å². The van der Waals surface area contributed by atoms with Crippen LogP contribution >= 0.6 is 0 Å². The van der Waals surface area contributed by atoms with E-state index in [1.165, 1.54) is 0 Å². The molecule has 0 saturated heterocycles. The Morgan fingerprint density at radius 1 is 1.33 bits per heavy atom. The molecular weight excluding hydrogens is 272 g/mol. The van der Waals surface area contributed by atoms with Gasteiger partial charge in [0.25, 0.3) is 0 Å². The molecule has 0 aliphatic rings. The second kappa shape index (κ2) is 10.7. The van der Waals surface area contributed by atoms with Crippen LogP contribution in [0.25, 0.3) is 0 Å². The van der Waals surface area contributed by atoms with E-state index >= 15 is 0 Å². The number of carbonyl (C=O) groups excluding carboxylic acids is 1. The highest BCUT2D eigenvalue weighted by molar-refractivity contribution is 5.86. The number of nitrogens with one attached hydrogen (secondary N) is 3. The smallest absolute Gasteiger partial charge is 0.239 e. The Morgan fingerprint density at radius 2 is 2.19 bits per heavy atom. The van der Waals surface area contributed by atoms with Crippen molar-refractivity contribution >= 4 is 11.9 Å². The van der Waals surface area contributed by atoms with Gasteiger partial charge in [-0.25, -0.2) is 0 Å². The van der Waals surface area contributed by atoms with Crippen molar-refractivity contribution in [3.63, 3.8) is 0 Å². The molecule has 0 atom stereocenters. The number of ether oxygens (including phenoxy) is 1. The molecule has 118 valence electrons. The zero-order valence-electron chi connectivity index (χ0n) is 12.6. The summed E-state index contributed by atoms with van der Waals surface area (Å²) in [6.07, 6.45) is 4.61. The zero-order chi connectivity index (χ0) is 15.3. The molecule has 0 spiro atoms. The van der Waals surface area contributed by atoms with E-state index in [-0.39, 0.29) is 12.5 Å². The van der Waals surface area contributed by atoms with E-state index in [9.17, 15) is 4.79 Å². The number of hydrogen-bond donors (Lipinski definition) is 3. The van der Waals surface area contributed by atoms with Gasteiger partial charge >= 0.3 is 0 Å². The quantitative estimate of drug-likeness (QED) is 0.315. The average Bonchev–Trinajstić information content (AvgIpc) is 3.00. The summed E-state index contributed by atoms with van der Waals surface area (Å²) in [7, 11) is 3.27. The number of aryl methyl sites for hydroxylation is 1. The Hall–Kier alpha value is -2.09. The number of amides is 1. The molecule has 0 radical (unpaired) electrons. The number of rotatable bonds is 9. The molecule has 1 aromatic heterocycles. The molecule has 0 bridgehead atoms. The number of carbonyl (C=O) groups is 1. The molecule has 0 aliphatic heterocycles.